The highest BCUT2D eigenvalue weighted by atomic mass is 16.5. The molecule has 0 radical (unpaired) electrons. The summed E-state index contributed by atoms with van der Waals surface area (Å²) in [4.78, 5) is 18.7. The van der Waals surface area contributed by atoms with Crippen LogP contribution in [-0.2, 0) is 11.3 Å². The van der Waals surface area contributed by atoms with Gasteiger partial charge in [0.2, 0.25) is 5.91 Å². The SMILES string of the molecule is CN=C(NCC(=O)NCc1ccc(OC)cc1)NC1CCN(c2ccccc2)C1. The minimum atomic E-state index is -0.0823. The lowest BCUT2D eigenvalue weighted by Gasteiger charge is -2.20. The van der Waals surface area contributed by atoms with E-state index in [4.69, 9.17) is 4.74 Å². The van der Waals surface area contributed by atoms with Gasteiger partial charge in [0.25, 0.3) is 0 Å². The van der Waals surface area contributed by atoms with Gasteiger partial charge >= 0.3 is 0 Å². The number of aliphatic imine (C=N–C) groups is 1. The van der Waals surface area contributed by atoms with Crippen molar-refractivity contribution in [3.8, 4) is 5.75 Å². The van der Waals surface area contributed by atoms with Crippen molar-refractivity contribution in [2.75, 3.05) is 38.7 Å². The molecule has 1 atom stereocenters. The molecule has 0 bridgehead atoms. The molecule has 2 aromatic carbocycles. The molecule has 1 saturated heterocycles. The van der Waals surface area contributed by atoms with Gasteiger partial charge < -0.3 is 25.6 Å². The van der Waals surface area contributed by atoms with Crippen LogP contribution in [0.3, 0.4) is 0 Å². The van der Waals surface area contributed by atoms with Crippen LogP contribution in [0.4, 0.5) is 5.69 Å². The molecular weight excluding hydrogens is 366 g/mol. The van der Waals surface area contributed by atoms with Crippen molar-refractivity contribution in [3.05, 3.63) is 60.2 Å². The Morgan fingerprint density at radius 3 is 2.59 bits per heavy atom. The molecule has 7 heteroatoms. The zero-order valence-corrected chi connectivity index (χ0v) is 17.0. The van der Waals surface area contributed by atoms with E-state index in [1.807, 2.05) is 30.3 Å². The average molecular weight is 396 g/mol. The van der Waals surface area contributed by atoms with Crippen LogP contribution in [0, 0.1) is 0 Å². The summed E-state index contributed by atoms with van der Waals surface area (Å²) < 4.78 is 5.14. The van der Waals surface area contributed by atoms with E-state index in [-0.39, 0.29) is 12.5 Å². The first-order chi connectivity index (χ1) is 14.2. The van der Waals surface area contributed by atoms with Crippen LogP contribution < -0.4 is 25.6 Å². The Hall–Kier alpha value is -3.22. The second kappa shape index (κ2) is 10.4. The van der Waals surface area contributed by atoms with E-state index < -0.39 is 0 Å². The normalized spacial score (nSPS) is 16.4. The van der Waals surface area contributed by atoms with Crippen molar-refractivity contribution in [2.24, 2.45) is 4.99 Å². The molecule has 1 aliphatic rings. The predicted octanol–water partition coefficient (Wildman–Crippen LogP) is 1.76. The first kappa shape index (κ1) is 20.5. The fourth-order valence-electron chi connectivity index (χ4n) is 3.31. The Morgan fingerprint density at radius 1 is 1.14 bits per heavy atom. The maximum absolute atomic E-state index is 12.1. The summed E-state index contributed by atoms with van der Waals surface area (Å²) in [6.07, 6.45) is 1.03. The first-order valence-corrected chi connectivity index (χ1v) is 9.84. The van der Waals surface area contributed by atoms with Gasteiger partial charge in [-0.05, 0) is 36.2 Å². The molecule has 1 aliphatic heterocycles. The molecule has 0 spiro atoms. The van der Waals surface area contributed by atoms with Crippen LogP contribution in [0.15, 0.2) is 59.6 Å². The molecule has 1 amide bonds. The molecule has 2 aromatic rings. The summed E-state index contributed by atoms with van der Waals surface area (Å²) in [7, 11) is 3.35. The lowest BCUT2D eigenvalue weighted by molar-refractivity contribution is -0.120. The number of hydrogen-bond acceptors (Lipinski definition) is 4. The van der Waals surface area contributed by atoms with Crippen molar-refractivity contribution in [1.82, 2.24) is 16.0 Å². The summed E-state index contributed by atoms with van der Waals surface area (Å²) in [5.74, 6) is 1.36. The summed E-state index contributed by atoms with van der Waals surface area (Å²) in [6.45, 7) is 2.56. The quantitative estimate of drug-likeness (QED) is 0.492. The van der Waals surface area contributed by atoms with E-state index in [0.29, 0.717) is 18.5 Å². The standard InChI is InChI=1S/C22H29N5O2/c1-23-22(26-18-12-13-27(16-18)19-6-4-3-5-7-19)25-15-21(28)24-14-17-8-10-20(29-2)11-9-17/h3-11,18H,12-16H2,1-2H3,(H,24,28)(H2,23,25,26). The van der Waals surface area contributed by atoms with Crippen molar-refractivity contribution >= 4 is 17.6 Å². The van der Waals surface area contributed by atoms with Gasteiger partial charge in [-0.25, -0.2) is 0 Å². The molecule has 154 valence electrons. The number of hydrogen-bond donors (Lipinski definition) is 3. The smallest absolute Gasteiger partial charge is 0.239 e. The van der Waals surface area contributed by atoms with Gasteiger partial charge in [-0.1, -0.05) is 30.3 Å². The summed E-state index contributed by atoms with van der Waals surface area (Å²) in [6, 6.07) is 18.3. The van der Waals surface area contributed by atoms with E-state index >= 15 is 0 Å². The van der Waals surface area contributed by atoms with E-state index in [9.17, 15) is 4.79 Å². The van der Waals surface area contributed by atoms with Crippen LogP contribution in [0.2, 0.25) is 0 Å². The largest absolute Gasteiger partial charge is 0.497 e. The number of carbonyl (C=O) groups excluding carboxylic acids is 1. The molecule has 3 N–H and O–H groups in total. The Labute approximate surface area is 172 Å². The third-order valence-corrected chi connectivity index (χ3v) is 4.94. The van der Waals surface area contributed by atoms with Gasteiger partial charge in [-0.15, -0.1) is 0 Å². The second-order valence-corrected chi connectivity index (χ2v) is 6.96. The van der Waals surface area contributed by atoms with E-state index in [1.165, 1.54) is 5.69 Å². The number of nitrogens with zero attached hydrogens (tertiary/aromatic N) is 2. The second-order valence-electron chi connectivity index (χ2n) is 6.96. The van der Waals surface area contributed by atoms with Crippen LogP contribution in [0.5, 0.6) is 5.75 Å². The number of guanidine groups is 1. The summed E-state index contributed by atoms with van der Waals surface area (Å²) in [5, 5.41) is 9.41. The zero-order valence-electron chi connectivity index (χ0n) is 17.0. The van der Waals surface area contributed by atoms with Crippen molar-refractivity contribution in [2.45, 2.75) is 19.0 Å². The monoisotopic (exact) mass is 395 g/mol. The Kier molecular flexibility index (Phi) is 7.33. The number of benzene rings is 2. The van der Waals surface area contributed by atoms with Gasteiger partial charge in [0, 0.05) is 38.4 Å². The number of carbonyl (C=O) groups is 1. The van der Waals surface area contributed by atoms with Gasteiger partial charge in [-0.2, -0.15) is 0 Å². The van der Waals surface area contributed by atoms with E-state index in [2.05, 4.69) is 50.1 Å². The van der Waals surface area contributed by atoms with E-state index in [0.717, 1.165) is 30.8 Å². The number of rotatable bonds is 7. The first-order valence-electron chi connectivity index (χ1n) is 9.84. The number of anilines is 1. The minimum absolute atomic E-state index is 0.0823. The molecule has 7 nitrogen and oxygen atoms in total. The molecule has 3 rings (SSSR count). The topological polar surface area (TPSA) is 78.0 Å². The Balaban J connectivity index is 1.39. The Bertz CT molecular complexity index is 808. The molecule has 1 unspecified atom stereocenters. The molecular formula is C22H29N5O2. The molecule has 1 fully saturated rings. The highest BCUT2D eigenvalue weighted by Crippen LogP contribution is 2.19. The van der Waals surface area contributed by atoms with Crippen LogP contribution in [0.1, 0.15) is 12.0 Å². The van der Waals surface area contributed by atoms with Gasteiger partial charge in [0.15, 0.2) is 5.96 Å². The fraction of sp³-hybridized carbons (Fsp3) is 0.364. The Morgan fingerprint density at radius 2 is 1.90 bits per heavy atom. The number of nitrogens with one attached hydrogen (secondary N) is 3. The average Bonchev–Trinajstić information content (AvgIpc) is 3.24. The van der Waals surface area contributed by atoms with Crippen molar-refractivity contribution in [3.63, 3.8) is 0 Å². The van der Waals surface area contributed by atoms with Gasteiger partial charge in [-0.3, -0.25) is 9.79 Å². The van der Waals surface area contributed by atoms with E-state index in [1.54, 1.807) is 14.2 Å². The molecule has 0 aromatic heterocycles. The number of para-hydroxylation sites is 1. The predicted molar refractivity (Wildman–Crippen MR) is 116 cm³/mol. The fourth-order valence-corrected chi connectivity index (χ4v) is 3.31. The maximum Gasteiger partial charge on any atom is 0.239 e. The maximum atomic E-state index is 12.1. The zero-order chi connectivity index (χ0) is 20.5. The lowest BCUT2D eigenvalue weighted by Crippen LogP contribution is -2.47. The molecule has 0 aliphatic carbocycles. The number of methoxy groups -OCH3 is 1. The highest BCUT2D eigenvalue weighted by Gasteiger charge is 2.23. The van der Waals surface area contributed by atoms with Gasteiger partial charge in [0.05, 0.1) is 13.7 Å². The number of amides is 1. The third-order valence-electron chi connectivity index (χ3n) is 4.94. The van der Waals surface area contributed by atoms with Crippen LogP contribution >= 0.6 is 0 Å². The third kappa shape index (κ3) is 6.14. The lowest BCUT2D eigenvalue weighted by atomic mass is 10.2. The van der Waals surface area contributed by atoms with Crippen LogP contribution in [0.25, 0.3) is 0 Å². The molecule has 1 heterocycles. The van der Waals surface area contributed by atoms with Crippen molar-refractivity contribution in [1.29, 1.82) is 0 Å². The number of ether oxygens (including phenoxy) is 1. The molecule has 0 saturated carbocycles. The van der Waals surface area contributed by atoms with Crippen LogP contribution in [-0.4, -0.2) is 51.7 Å². The van der Waals surface area contributed by atoms with Gasteiger partial charge in [0.1, 0.15) is 5.75 Å². The molecule has 29 heavy (non-hydrogen) atoms. The van der Waals surface area contributed by atoms with Crippen molar-refractivity contribution < 1.29 is 9.53 Å². The summed E-state index contributed by atoms with van der Waals surface area (Å²) >= 11 is 0. The minimum Gasteiger partial charge on any atom is -0.497 e. The highest BCUT2D eigenvalue weighted by molar-refractivity contribution is 5.86. The summed E-state index contributed by atoms with van der Waals surface area (Å²) in [5.41, 5.74) is 2.26.